The van der Waals surface area contributed by atoms with E-state index >= 15 is 0 Å². The number of rotatable bonds is 5. The van der Waals surface area contributed by atoms with Crippen molar-refractivity contribution in [2.75, 3.05) is 11.9 Å². The number of hydrogen-bond donors (Lipinski definition) is 1. The lowest BCUT2D eigenvalue weighted by molar-refractivity contribution is 0.0512. The molecule has 0 spiro atoms. The molecule has 2 rings (SSSR count). The molecular weight excluding hydrogens is 326 g/mol. The van der Waals surface area contributed by atoms with Crippen molar-refractivity contribution in [2.45, 2.75) is 13.5 Å². The van der Waals surface area contributed by atoms with Gasteiger partial charge in [-0.15, -0.1) is 0 Å². The fraction of sp³-hybridized carbons (Fsp3) is 0.333. The summed E-state index contributed by atoms with van der Waals surface area (Å²) in [6.07, 6.45) is 3.37. The quantitative estimate of drug-likeness (QED) is 0.836. The number of aryl methyl sites for hydroxylation is 1. The molecule has 0 atom stereocenters. The van der Waals surface area contributed by atoms with Gasteiger partial charge in [0.25, 0.3) is 0 Å². The number of halogens is 1. The van der Waals surface area contributed by atoms with Crippen molar-refractivity contribution in [1.29, 1.82) is 0 Å². The van der Waals surface area contributed by atoms with Gasteiger partial charge < -0.3 is 10.1 Å². The van der Waals surface area contributed by atoms with Gasteiger partial charge in [0.1, 0.15) is 5.82 Å². The Balaban J connectivity index is 2.10. The van der Waals surface area contributed by atoms with Crippen LogP contribution in [0, 0.1) is 0 Å². The number of hydrogen-bond acceptors (Lipinski definition) is 6. The number of nitrogens with zero attached hydrogens (tertiary/aromatic N) is 4. The molecule has 2 aromatic heterocycles. The van der Waals surface area contributed by atoms with E-state index in [-0.39, 0.29) is 12.4 Å². The van der Waals surface area contributed by atoms with Crippen molar-refractivity contribution in [3.05, 3.63) is 34.5 Å². The first-order valence-corrected chi connectivity index (χ1v) is 6.81. The molecule has 0 unspecified atom stereocenters. The third-order valence-electron chi connectivity index (χ3n) is 2.41. The predicted octanol–water partition coefficient (Wildman–Crippen LogP) is 1.76. The number of nitrogens with one attached hydrogen (secondary N) is 1. The van der Waals surface area contributed by atoms with E-state index in [1.807, 2.05) is 19.3 Å². The van der Waals surface area contributed by atoms with E-state index in [4.69, 9.17) is 4.74 Å². The van der Waals surface area contributed by atoms with Crippen LogP contribution in [0.3, 0.4) is 0 Å². The van der Waals surface area contributed by atoms with Gasteiger partial charge in [-0.1, -0.05) is 0 Å². The number of aromatic nitrogens is 4. The Morgan fingerprint density at radius 2 is 2.35 bits per heavy atom. The average Bonchev–Trinajstić information content (AvgIpc) is 2.84. The Morgan fingerprint density at radius 3 is 3.00 bits per heavy atom. The lowest BCUT2D eigenvalue weighted by Crippen LogP contribution is -2.12. The van der Waals surface area contributed by atoms with E-state index in [2.05, 4.69) is 36.3 Å². The summed E-state index contributed by atoms with van der Waals surface area (Å²) in [5.74, 6) is 0.00756. The first kappa shape index (κ1) is 14.4. The molecule has 0 saturated heterocycles. The number of carbonyl (C=O) groups is 1. The highest BCUT2D eigenvalue weighted by Crippen LogP contribution is 2.19. The first-order chi connectivity index (χ1) is 9.60. The number of anilines is 1. The minimum absolute atomic E-state index is 0.0265. The van der Waals surface area contributed by atoms with Crippen LogP contribution in [0.5, 0.6) is 0 Å². The van der Waals surface area contributed by atoms with Gasteiger partial charge in [0, 0.05) is 19.4 Å². The van der Waals surface area contributed by atoms with E-state index in [1.54, 1.807) is 11.6 Å². The molecule has 20 heavy (non-hydrogen) atoms. The molecule has 0 aliphatic rings. The molecule has 106 valence electrons. The van der Waals surface area contributed by atoms with Gasteiger partial charge in [0.05, 0.1) is 23.3 Å². The summed E-state index contributed by atoms with van der Waals surface area (Å²) in [5.41, 5.74) is 0.871. The summed E-state index contributed by atoms with van der Waals surface area (Å²) in [5, 5.41) is 7.34. The molecule has 2 aromatic rings. The molecular formula is C12H14BrN5O2. The second kappa shape index (κ2) is 6.47. The molecule has 0 aliphatic heterocycles. The third kappa shape index (κ3) is 3.53. The van der Waals surface area contributed by atoms with Gasteiger partial charge in [-0.3, -0.25) is 4.68 Å². The lowest BCUT2D eigenvalue weighted by atomic mass is 10.4. The van der Waals surface area contributed by atoms with Crippen LogP contribution >= 0.6 is 15.9 Å². The molecule has 8 heteroatoms. The van der Waals surface area contributed by atoms with Gasteiger partial charge in [-0.25, -0.2) is 14.8 Å². The van der Waals surface area contributed by atoms with E-state index in [9.17, 15) is 4.79 Å². The van der Waals surface area contributed by atoms with Crippen LogP contribution in [0.1, 0.15) is 23.2 Å². The van der Waals surface area contributed by atoms with Crippen molar-refractivity contribution in [1.82, 2.24) is 19.7 Å². The van der Waals surface area contributed by atoms with Crippen LogP contribution in [0.2, 0.25) is 0 Å². The summed E-state index contributed by atoms with van der Waals surface area (Å²) in [6.45, 7) is 2.52. The van der Waals surface area contributed by atoms with Gasteiger partial charge in [0.2, 0.25) is 5.82 Å². The average molecular weight is 340 g/mol. The minimum atomic E-state index is -0.541. The molecule has 0 radical (unpaired) electrons. The molecule has 0 fully saturated rings. The third-order valence-corrected chi connectivity index (χ3v) is 2.99. The van der Waals surface area contributed by atoms with Crippen molar-refractivity contribution >= 4 is 27.7 Å². The van der Waals surface area contributed by atoms with Crippen LogP contribution in [0.4, 0.5) is 5.82 Å². The standard InChI is InChI=1S/C12H14BrN5O2/c1-3-20-12(19)11-15-7-9(13)10(16-11)14-6-8-4-5-18(2)17-8/h4-5,7H,3,6H2,1-2H3,(H,14,15,16). The largest absolute Gasteiger partial charge is 0.460 e. The molecule has 0 saturated carbocycles. The Labute approximate surface area is 124 Å². The highest BCUT2D eigenvalue weighted by atomic mass is 79.9. The van der Waals surface area contributed by atoms with Crippen molar-refractivity contribution < 1.29 is 9.53 Å². The molecule has 0 amide bonds. The van der Waals surface area contributed by atoms with Gasteiger partial charge in [-0.05, 0) is 28.9 Å². The van der Waals surface area contributed by atoms with Crippen molar-refractivity contribution in [3.8, 4) is 0 Å². The Kier molecular flexibility index (Phi) is 4.67. The summed E-state index contributed by atoms with van der Waals surface area (Å²) >= 11 is 3.33. The van der Waals surface area contributed by atoms with Gasteiger partial charge in [-0.2, -0.15) is 5.10 Å². The maximum absolute atomic E-state index is 11.6. The maximum atomic E-state index is 11.6. The predicted molar refractivity (Wildman–Crippen MR) is 76.2 cm³/mol. The summed E-state index contributed by atoms with van der Waals surface area (Å²) < 4.78 is 7.25. The van der Waals surface area contributed by atoms with E-state index in [0.29, 0.717) is 16.8 Å². The monoisotopic (exact) mass is 339 g/mol. The minimum Gasteiger partial charge on any atom is -0.460 e. The summed E-state index contributed by atoms with van der Waals surface area (Å²) in [4.78, 5) is 19.6. The maximum Gasteiger partial charge on any atom is 0.376 e. The highest BCUT2D eigenvalue weighted by Gasteiger charge is 2.13. The van der Waals surface area contributed by atoms with Gasteiger partial charge >= 0.3 is 5.97 Å². The zero-order valence-electron chi connectivity index (χ0n) is 11.1. The number of esters is 1. The second-order valence-corrected chi connectivity index (χ2v) is 4.80. The SMILES string of the molecule is CCOC(=O)c1ncc(Br)c(NCc2ccn(C)n2)n1. The smallest absolute Gasteiger partial charge is 0.376 e. The van der Waals surface area contributed by atoms with E-state index < -0.39 is 5.97 Å². The highest BCUT2D eigenvalue weighted by molar-refractivity contribution is 9.10. The number of ether oxygens (including phenoxy) is 1. The molecule has 7 nitrogen and oxygen atoms in total. The second-order valence-electron chi connectivity index (χ2n) is 3.94. The van der Waals surface area contributed by atoms with Crippen LogP contribution in [0.15, 0.2) is 22.9 Å². The Bertz CT molecular complexity index is 614. The van der Waals surface area contributed by atoms with Gasteiger partial charge in [0.15, 0.2) is 0 Å². The fourth-order valence-corrected chi connectivity index (χ4v) is 1.85. The van der Waals surface area contributed by atoms with Crippen LogP contribution in [-0.2, 0) is 18.3 Å². The van der Waals surface area contributed by atoms with E-state index in [0.717, 1.165) is 5.69 Å². The molecule has 1 N–H and O–H groups in total. The first-order valence-electron chi connectivity index (χ1n) is 6.02. The molecule has 0 aliphatic carbocycles. The molecule has 0 bridgehead atoms. The number of carbonyl (C=O) groups excluding carboxylic acids is 1. The van der Waals surface area contributed by atoms with Crippen molar-refractivity contribution in [2.24, 2.45) is 7.05 Å². The normalized spacial score (nSPS) is 10.3. The molecule has 0 aromatic carbocycles. The zero-order valence-corrected chi connectivity index (χ0v) is 12.7. The zero-order chi connectivity index (χ0) is 14.5. The van der Waals surface area contributed by atoms with Crippen LogP contribution in [0.25, 0.3) is 0 Å². The Hall–Kier alpha value is -1.96. The lowest BCUT2D eigenvalue weighted by Gasteiger charge is -2.07. The van der Waals surface area contributed by atoms with E-state index in [1.165, 1.54) is 6.20 Å². The summed E-state index contributed by atoms with van der Waals surface area (Å²) in [6, 6.07) is 1.90. The summed E-state index contributed by atoms with van der Waals surface area (Å²) in [7, 11) is 1.85. The van der Waals surface area contributed by atoms with Crippen LogP contribution in [-0.4, -0.2) is 32.3 Å². The topological polar surface area (TPSA) is 81.9 Å². The Morgan fingerprint density at radius 1 is 1.55 bits per heavy atom. The van der Waals surface area contributed by atoms with Crippen molar-refractivity contribution in [3.63, 3.8) is 0 Å². The van der Waals surface area contributed by atoms with Crippen LogP contribution < -0.4 is 5.32 Å². The fourth-order valence-electron chi connectivity index (χ4n) is 1.52. The molecule has 2 heterocycles.